The van der Waals surface area contributed by atoms with Gasteiger partial charge in [0, 0.05) is 24.3 Å². The van der Waals surface area contributed by atoms with Gasteiger partial charge in [-0.05, 0) is 56.0 Å². The fourth-order valence-electron chi connectivity index (χ4n) is 3.07. The van der Waals surface area contributed by atoms with Gasteiger partial charge in [0.05, 0.1) is 5.57 Å². The molecule has 0 bridgehead atoms. The lowest BCUT2D eigenvalue weighted by Gasteiger charge is -2.30. The summed E-state index contributed by atoms with van der Waals surface area (Å²) in [6, 6.07) is 18.0. The van der Waals surface area contributed by atoms with Crippen molar-refractivity contribution in [3.05, 3.63) is 71.3 Å². The van der Waals surface area contributed by atoms with E-state index in [9.17, 15) is 4.79 Å². The van der Waals surface area contributed by atoms with Crippen molar-refractivity contribution in [1.82, 2.24) is 0 Å². The molecule has 0 unspecified atom stereocenters. The summed E-state index contributed by atoms with van der Waals surface area (Å²) in [5.74, 6) is 6.15. The van der Waals surface area contributed by atoms with Gasteiger partial charge < -0.3 is 4.90 Å². The Hall–Kier alpha value is -2.79. The molecule has 2 nitrogen and oxygen atoms in total. The summed E-state index contributed by atoms with van der Waals surface area (Å²) in [7, 11) is 0. The highest BCUT2D eigenvalue weighted by Crippen LogP contribution is 2.26. The number of ketones is 1. The van der Waals surface area contributed by atoms with Crippen molar-refractivity contribution in [2.75, 3.05) is 18.0 Å². The third kappa shape index (κ3) is 4.61. The summed E-state index contributed by atoms with van der Waals surface area (Å²) < 4.78 is 0. The van der Waals surface area contributed by atoms with Crippen LogP contribution in [0, 0.1) is 11.8 Å². The lowest BCUT2D eigenvalue weighted by atomic mass is 10.0. The van der Waals surface area contributed by atoms with Crippen molar-refractivity contribution in [2.24, 2.45) is 0 Å². The van der Waals surface area contributed by atoms with Gasteiger partial charge in [0.1, 0.15) is 0 Å². The molecule has 0 saturated carbocycles. The number of carbonyl (C=O) groups is 1. The Bertz CT molecular complexity index is 818. The van der Waals surface area contributed by atoms with Crippen LogP contribution in [0.25, 0.3) is 6.08 Å². The van der Waals surface area contributed by atoms with E-state index in [1.54, 1.807) is 6.92 Å². The average molecular weight is 329 g/mol. The van der Waals surface area contributed by atoms with Gasteiger partial charge in [0.2, 0.25) is 0 Å². The summed E-state index contributed by atoms with van der Waals surface area (Å²) in [6.07, 6.45) is 5.69. The molecule has 25 heavy (non-hydrogen) atoms. The van der Waals surface area contributed by atoms with E-state index in [4.69, 9.17) is 0 Å². The van der Waals surface area contributed by atoms with Gasteiger partial charge in [-0.15, -0.1) is 0 Å². The summed E-state index contributed by atoms with van der Waals surface area (Å²) in [5.41, 5.74) is 3.73. The highest BCUT2D eigenvalue weighted by molar-refractivity contribution is 6.03. The third-order valence-electron chi connectivity index (χ3n) is 4.43. The molecule has 0 amide bonds. The normalized spacial score (nSPS) is 14.6. The molecule has 2 heteroatoms. The number of Topliss-reactive ketones (excluding diaryl/α,β-unsaturated/α-hetero) is 1. The summed E-state index contributed by atoms with van der Waals surface area (Å²) in [5, 5.41) is 0. The lowest BCUT2D eigenvalue weighted by Crippen LogP contribution is -2.29. The maximum Gasteiger partial charge on any atom is 0.168 e. The van der Waals surface area contributed by atoms with E-state index in [0.717, 1.165) is 24.2 Å². The van der Waals surface area contributed by atoms with E-state index in [2.05, 4.69) is 34.9 Å². The second-order valence-corrected chi connectivity index (χ2v) is 6.34. The van der Waals surface area contributed by atoms with Crippen LogP contribution in [-0.4, -0.2) is 18.9 Å². The van der Waals surface area contributed by atoms with Crippen LogP contribution in [0.3, 0.4) is 0 Å². The van der Waals surface area contributed by atoms with Crippen molar-refractivity contribution in [3.63, 3.8) is 0 Å². The Morgan fingerprint density at radius 2 is 1.64 bits per heavy atom. The number of allylic oxidation sites excluding steroid dienone is 1. The zero-order valence-corrected chi connectivity index (χ0v) is 14.7. The number of carbonyl (C=O) groups excluding carboxylic acids is 1. The van der Waals surface area contributed by atoms with Crippen LogP contribution >= 0.6 is 0 Å². The minimum absolute atomic E-state index is 0.00289. The highest BCUT2D eigenvalue weighted by atomic mass is 16.1. The van der Waals surface area contributed by atoms with Crippen LogP contribution in [0.15, 0.2) is 60.2 Å². The molecule has 1 saturated heterocycles. The first-order valence-corrected chi connectivity index (χ1v) is 8.88. The fourth-order valence-corrected chi connectivity index (χ4v) is 3.07. The van der Waals surface area contributed by atoms with E-state index in [0.29, 0.717) is 5.57 Å². The highest BCUT2D eigenvalue weighted by Gasteiger charge is 2.13. The zero-order chi connectivity index (χ0) is 17.5. The second-order valence-electron chi connectivity index (χ2n) is 6.34. The topological polar surface area (TPSA) is 20.3 Å². The van der Waals surface area contributed by atoms with E-state index in [1.807, 2.05) is 42.5 Å². The van der Waals surface area contributed by atoms with Crippen LogP contribution in [-0.2, 0) is 4.79 Å². The largest absolute Gasteiger partial charge is 0.371 e. The molecule has 1 aliphatic heterocycles. The van der Waals surface area contributed by atoms with Crippen LogP contribution in [0.1, 0.15) is 37.3 Å². The lowest BCUT2D eigenvalue weighted by molar-refractivity contribution is -0.113. The number of hydrogen-bond acceptors (Lipinski definition) is 2. The molecule has 2 aromatic rings. The van der Waals surface area contributed by atoms with E-state index >= 15 is 0 Å². The van der Waals surface area contributed by atoms with Gasteiger partial charge >= 0.3 is 0 Å². The first-order chi connectivity index (χ1) is 12.2. The van der Waals surface area contributed by atoms with E-state index < -0.39 is 0 Å². The van der Waals surface area contributed by atoms with Gasteiger partial charge in [-0.3, -0.25) is 4.79 Å². The Balaban J connectivity index is 1.94. The molecule has 1 heterocycles. The van der Waals surface area contributed by atoms with Crippen LogP contribution in [0.4, 0.5) is 5.69 Å². The van der Waals surface area contributed by atoms with Gasteiger partial charge in [-0.25, -0.2) is 0 Å². The number of benzene rings is 2. The molecule has 0 N–H and O–H groups in total. The number of piperidine rings is 1. The standard InChI is InChI=1S/C23H23NO/c1-19(25)21(15-14-20-10-4-2-5-11-20)18-22-12-6-7-13-23(22)24-16-8-3-9-17-24/h2,4-7,10-13,18H,3,8-9,16-17H2,1H3/b21-18+. The molecule has 1 aliphatic rings. The molecule has 0 radical (unpaired) electrons. The van der Waals surface area contributed by atoms with Gasteiger partial charge in [0.25, 0.3) is 0 Å². The predicted octanol–water partition coefficient (Wildman–Crippen LogP) is 4.70. The second kappa shape index (κ2) is 8.35. The number of para-hydroxylation sites is 1. The monoisotopic (exact) mass is 329 g/mol. The Morgan fingerprint density at radius 1 is 0.960 bits per heavy atom. The Morgan fingerprint density at radius 3 is 2.36 bits per heavy atom. The van der Waals surface area contributed by atoms with Crippen LogP contribution < -0.4 is 4.90 Å². The van der Waals surface area contributed by atoms with Gasteiger partial charge in [-0.1, -0.05) is 48.2 Å². The van der Waals surface area contributed by atoms with Crippen molar-refractivity contribution < 1.29 is 4.79 Å². The smallest absolute Gasteiger partial charge is 0.168 e. The number of rotatable bonds is 3. The third-order valence-corrected chi connectivity index (χ3v) is 4.43. The molecule has 0 aliphatic carbocycles. The quantitative estimate of drug-likeness (QED) is 0.601. The number of nitrogens with zero attached hydrogens (tertiary/aromatic N) is 1. The van der Waals surface area contributed by atoms with Gasteiger partial charge in [0.15, 0.2) is 5.78 Å². The van der Waals surface area contributed by atoms with E-state index in [-0.39, 0.29) is 5.78 Å². The van der Waals surface area contributed by atoms with Crippen LogP contribution in [0.2, 0.25) is 0 Å². The predicted molar refractivity (Wildman–Crippen MR) is 104 cm³/mol. The zero-order valence-electron chi connectivity index (χ0n) is 14.7. The van der Waals surface area contributed by atoms with Crippen molar-refractivity contribution in [2.45, 2.75) is 26.2 Å². The Labute approximate surface area is 150 Å². The number of anilines is 1. The minimum Gasteiger partial charge on any atom is -0.371 e. The van der Waals surface area contributed by atoms with Crippen molar-refractivity contribution in [1.29, 1.82) is 0 Å². The van der Waals surface area contributed by atoms with Crippen molar-refractivity contribution in [3.8, 4) is 11.8 Å². The SMILES string of the molecule is CC(=O)/C(C#Cc1ccccc1)=C/c1ccccc1N1CCCCC1. The average Bonchev–Trinajstić information content (AvgIpc) is 2.67. The molecular formula is C23H23NO. The first-order valence-electron chi connectivity index (χ1n) is 8.88. The number of hydrogen-bond donors (Lipinski definition) is 0. The molecule has 0 spiro atoms. The molecule has 0 atom stereocenters. The molecular weight excluding hydrogens is 306 g/mol. The molecule has 3 rings (SSSR count). The molecule has 0 aromatic heterocycles. The summed E-state index contributed by atoms with van der Waals surface area (Å²) in [6.45, 7) is 3.74. The van der Waals surface area contributed by atoms with Crippen molar-refractivity contribution >= 4 is 17.5 Å². The summed E-state index contributed by atoms with van der Waals surface area (Å²) >= 11 is 0. The first kappa shape index (κ1) is 17.0. The minimum atomic E-state index is -0.00289. The van der Waals surface area contributed by atoms with Crippen LogP contribution in [0.5, 0.6) is 0 Å². The van der Waals surface area contributed by atoms with E-state index in [1.165, 1.54) is 24.9 Å². The molecule has 1 fully saturated rings. The fraction of sp³-hybridized carbons (Fsp3) is 0.261. The van der Waals surface area contributed by atoms with Gasteiger partial charge in [-0.2, -0.15) is 0 Å². The maximum absolute atomic E-state index is 12.1. The molecule has 2 aromatic carbocycles. The Kier molecular flexibility index (Phi) is 5.69. The molecule has 126 valence electrons. The summed E-state index contributed by atoms with van der Waals surface area (Å²) in [4.78, 5) is 14.5. The maximum atomic E-state index is 12.1.